The standard InChI is InChI=1S/C14H18N2OS/c1-18-13-6-4-5-12(11(13)9-15)16-10-14(17)7-2-3-8-14/h4-6,16-17H,2-3,7-8,10H2,1H3. The number of nitrogens with zero attached hydrogens (tertiary/aromatic N) is 1. The first kappa shape index (κ1) is 13.3. The number of nitriles is 1. The summed E-state index contributed by atoms with van der Waals surface area (Å²) in [4.78, 5) is 0.973. The third kappa shape index (κ3) is 2.80. The van der Waals surface area contributed by atoms with Gasteiger partial charge < -0.3 is 10.4 Å². The van der Waals surface area contributed by atoms with Crippen LogP contribution >= 0.6 is 11.8 Å². The molecule has 1 fully saturated rings. The van der Waals surface area contributed by atoms with Gasteiger partial charge in [-0.05, 0) is 31.2 Å². The summed E-state index contributed by atoms with van der Waals surface area (Å²) in [6.07, 6.45) is 5.85. The third-order valence-electron chi connectivity index (χ3n) is 3.50. The van der Waals surface area contributed by atoms with Gasteiger partial charge >= 0.3 is 0 Å². The number of thioether (sulfide) groups is 1. The molecule has 96 valence electrons. The Balaban J connectivity index is 2.12. The second kappa shape index (κ2) is 5.64. The van der Waals surface area contributed by atoms with Crippen molar-refractivity contribution in [2.75, 3.05) is 18.1 Å². The first-order valence-electron chi connectivity index (χ1n) is 6.22. The summed E-state index contributed by atoms with van der Waals surface area (Å²) in [5.74, 6) is 0. The molecule has 1 aromatic carbocycles. The second-order valence-electron chi connectivity index (χ2n) is 4.78. The Morgan fingerprint density at radius 3 is 2.78 bits per heavy atom. The molecular formula is C14H18N2OS. The molecule has 0 aromatic heterocycles. The van der Waals surface area contributed by atoms with Crippen LogP contribution in [0.2, 0.25) is 0 Å². The normalized spacial score (nSPS) is 17.4. The van der Waals surface area contributed by atoms with Gasteiger partial charge in [-0.2, -0.15) is 5.26 Å². The highest BCUT2D eigenvalue weighted by atomic mass is 32.2. The molecule has 0 bridgehead atoms. The van der Waals surface area contributed by atoms with Gasteiger partial charge in [-0.3, -0.25) is 0 Å². The lowest BCUT2D eigenvalue weighted by Gasteiger charge is -2.23. The van der Waals surface area contributed by atoms with Crippen molar-refractivity contribution in [3.8, 4) is 6.07 Å². The molecule has 1 aliphatic carbocycles. The highest BCUT2D eigenvalue weighted by molar-refractivity contribution is 7.98. The second-order valence-corrected chi connectivity index (χ2v) is 5.63. The maximum absolute atomic E-state index is 10.3. The van der Waals surface area contributed by atoms with Crippen molar-refractivity contribution in [1.82, 2.24) is 0 Å². The molecule has 3 nitrogen and oxygen atoms in total. The third-order valence-corrected chi connectivity index (χ3v) is 4.28. The number of rotatable bonds is 4. The Morgan fingerprint density at radius 1 is 1.44 bits per heavy atom. The Hall–Kier alpha value is -1.18. The monoisotopic (exact) mass is 262 g/mol. The SMILES string of the molecule is CSc1cccc(NCC2(O)CCCC2)c1C#N. The molecule has 0 aliphatic heterocycles. The van der Waals surface area contributed by atoms with E-state index in [1.165, 1.54) is 0 Å². The van der Waals surface area contributed by atoms with E-state index in [-0.39, 0.29) is 0 Å². The van der Waals surface area contributed by atoms with E-state index >= 15 is 0 Å². The van der Waals surface area contributed by atoms with Crippen molar-refractivity contribution in [3.63, 3.8) is 0 Å². The van der Waals surface area contributed by atoms with E-state index < -0.39 is 5.60 Å². The zero-order valence-corrected chi connectivity index (χ0v) is 11.4. The number of nitrogens with one attached hydrogen (secondary N) is 1. The molecular weight excluding hydrogens is 244 g/mol. The van der Waals surface area contributed by atoms with Gasteiger partial charge in [0.2, 0.25) is 0 Å². The van der Waals surface area contributed by atoms with Gasteiger partial charge in [0.05, 0.1) is 16.9 Å². The van der Waals surface area contributed by atoms with Crippen LogP contribution < -0.4 is 5.32 Å². The largest absolute Gasteiger partial charge is 0.388 e. The van der Waals surface area contributed by atoms with E-state index in [1.807, 2.05) is 24.5 Å². The van der Waals surface area contributed by atoms with Crippen molar-refractivity contribution in [2.45, 2.75) is 36.2 Å². The van der Waals surface area contributed by atoms with Crippen LogP contribution in [0.4, 0.5) is 5.69 Å². The summed E-state index contributed by atoms with van der Waals surface area (Å²) in [5.41, 5.74) is 0.901. The molecule has 2 N–H and O–H groups in total. The number of aliphatic hydroxyl groups is 1. The van der Waals surface area contributed by atoms with Gasteiger partial charge in [-0.1, -0.05) is 18.9 Å². The zero-order chi connectivity index (χ0) is 13.0. The van der Waals surface area contributed by atoms with Gasteiger partial charge in [0.25, 0.3) is 0 Å². The first-order valence-corrected chi connectivity index (χ1v) is 7.44. The highest BCUT2D eigenvalue weighted by Crippen LogP contribution is 2.31. The van der Waals surface area contributed by atoms with Gasteiger partial charge in [0.15, 0.2) is 0 Å². The van der Waals surface area contributed by atoms with E-state index in [9.17, 15) is 10.4 Å². The molecule has 0 spiro atoms. The molecule has 0 atom stereocenters. The minimum absolute atomic E-state index is 0.527. The molecule has 0 heterocycles. The fourth-order valence-corrected chi connectivity index (χ4v) is 3.01. The summed E-state index contributed by atoms with van der Waals surface area (Å²) >= 11 is 1.57. The van der Waals surface area contributed by atoms with Crippen LogP contribution in [-0.2, 0) is 0 Å². The molecule has 1 saturated carbocycles. The van der Waals surface area contributed by atoms with Crippen LogP contribution in [0.25, 0.3) is 0 Å². The Kier molecular flexibility index (Phi) is 4.15. The minimum Gasteiger partial charge on any atom is -0.388 e. The van der Waals surface area contributed by atoms with Crippen molar-refractivity contribution in [3.05, 3.63) is 23.8 Å². The van der Waals surface area contributed by atoms with Gasteiger partial charge in [0.1, 0.15) is 6.07 Å². The fraction of sp³-hybridized carbons (Fsp3) is 0.500. The predicted octanol–water partition coefficient (Wildman–Crippen LogP) is 3.00. The smallest absolute Gasteiger partial charge is 0.102 e. The van der Waals surface area contributed by atoms with Crippen LogP contribution in [0.5, 0.6) is 0 Å². The van der Waals surface area contributed by atoms with Crippen LogP contribution in [0.3, 0.4) is 0 Å². The molecule has 0 amide bonds. The lowest BCUT2D eigenvalue weighted by atomic mass is 10.0. The average Bonchev–Trinajstić information content (AvgIpc) is 2.83. The van der Waals surface area contributed by atoms with E-state index in [4.69, 9.17) is 0 Å². The molecule has 0 saturated heterocycles. The van der Waals surface area contributed by atoms with E-state index in [0.29, 0.717) is 12.1 Å². The highest BCUT2D eigenvalue weighted by Gasteiger charge is 2.30. The lowest BCUT2D eigenvalue weighted by molar-refractivity contribution is 0.0614. The van der Waals surface area contributed by atoms with E-state index in [0.717, 1.165) is 36.3 Å². The van der Waals surface area contributed by atoms with Crippen molar-refractivity contribution >= 4 is 17.4 Å². The molecule has 4 heteroatoms. The summed E-state index contributed by atoms with van der Waals surface area (Å²) in [6, 6.07) is 8.02. The average molecular weight is 262 g/mol. The van der Waals surface area contributed by atoms with Crippen LogP contribution in [0.15, 0.2) is 23.1 Å². The molecule has 0 radical (unpaired) electrons. The number of hydrogen-bond donors (Lipinski definition) is 2. The maximum atomic E-state index is 10.3. The maximum Gasteiger partial charge on any atom is 0.102 e. The molecule has 0 unspecified atom stereocenters. The quantitative estimate of drug-likeness (QED) is 0.819. The molecule has 18 heavy (non-hydrogen) atoms. The van der Waals surface area contributed by atoms with Crippen molar-refractivity contribution in [1.29, 1.82) is 5.26 Å². The van der Waals surface area contributed by atoms with Crippen LogP contribution in [0.1, 0.15) is 31.2 Å². The van der Waals surface area contributed by atoms with Crippen LogP contribution in [0, 0.1) is 11.3 Å². The Labute approximate surface area is 112 Å². The lowest BCUT2D eigenvalue weighted by Crippen LogP contribution is -2.33. The van der Waals surface area contributed by atoms with Crippen molar-refractivity contribution in [2.24, 2.45) is 0 Å². The first-order chi connectivity index (χ1) is 8.68. The summed E-state index contributed by atoms with van der Waals surface area (Å²) in [7, 11) is 0. The molecule has 1 aromatic rings. The number of anilines is 1. The Bertz CT molecular complexity index is 461. The van der Waals surface area contributed by atoms with Crippen molar-refractivity contribution < 1.29 is 5.11 Å². The van der Waals surface area contributed by atoms with Gasteiger partial charge in [-0.25, -0.2) is 0 Å². The topological polar surface area (TPSA) is 56.0 Å². The van der Waals surface area contributed by atoms with E-state index in [1.54, 1.807) is 11.8 Å². The van der Waals surface area contributed by atoms with E-state index in [2.05, 4.69) is 11.4 Å². The molecule has 1 aliphatic rings. The fourth-order valence-electron chi connectivity index (χ4n) is 2.43. The zero-order valence-electron chi connectivity index (χ0n) is 10.6. The minimum atomic E-state index is -0.595. The Morgan fingerprint density at radius 2 is 2.17 bits per heavy atom. The number of hydrogen-bond acceptors (Lipinski definition) is 4. The summed E-state index contributed by atoms with van der Waals surface area (Å²) in [6.45, 7) is 0.527. The van der Waals surface area contributed by atoms with Gasteiger partial charge in [-0.15, -0.1) is 11.8 Å². The summed E-state index contributed by atoms with van der Waals surface area (Å²) < 4.78 is 0. The summed E-state index contributed by atoms with van der Waals surface area (Å²) in [5, 5.41) is 22.7. The predicted molar refractivity (Wildman–Crippen MR) is 74.8 cm³/mol. The van der Waals surface area contributed by atoms with Gasteiger partial charge in [0, 0.05) is 11.4 Å². The van der Waals surface area contributed by atoms with Crippen LogP contribution in [-0.4, -0.2) is 23.5 Å². The molecule has 2 rings (SSSR count). The number of benzene rings is 1.